The molecule has 1 heterocycles. The molecular formula is C11H21NO2. The molecule has 1 N–H and O–H groups in total. The first kappa shape index (κ1) is 11.5. The van der Waals surface area contributed by atoms with Crippen molar-refractivity contribution in [3.63, 3.8) is 0 Å². The quantitative estimate of drug-likeness (QED) is 0.689. The molecule has 0 aliphatic carbocycles. The number of carbonyl (C=O) groups excluding carboxylic acids is 1. The number of unbranched alkanes of at least 4 members (excludes halogenated alkanes) is 3. The summed E-state index contributed by atoms with van der Waals surface area (Å²) in [6.07, 6.45) is 8.01. The van der Waals surface area contributed by atoms with E-state index in [1.165, 1.54) is 25.7 Å². The van der Waals surface area contributed by atoms with Crippen LogP contribution >= 0.6 is 0 Å². The maximum Gasteiger partial charge on any atom is 0.221 e. The Morgan fingerprint density at radius 3 is 3.07 bits per heavy atom. The Kier molecular flexibility index (Phi) is 5.60. The van der Waals surface area contributed by atoms with Crippen molar-refractivity contribution in [1.29, 1.82) is 0 Å². The van der Waals surface area contributed by atoms with Gasteiger partial charge in [-0.15, -0.1) is 0 Å². The molecule has 0 spiro atoms. The Morgan fingerprint density at radius 1 is 1.43 bits per heavy atom. The molecule has 3 heteroatoms. The second kappa shape index (κ2) is 6.82. The minimum absolute atomic E-state index is 0.126. The standard InChI is InChI=1S/C11H21NO2/c1-2-3-4-5-6-10-7-8-11(13)12-9-14-10/h10H,2-9H2,1H3,(H,12,13). The average Bonchev–Trinajstić information content (AvgIpc) is 2.38. The van der Waals surface area contributed by atoms with Gasteiger partial charge >= 0.3 is 0 Å². The number of nitrogens with one attached hydrogen (secondary N) is 1. The Balaban J connectivity index is 2.08. The van der Waals surface area contributed by atoms with E-state index in [1.54, 1.807) is 0 Å². The summed E-state index contributed by atoms with van der Waals surface area (Å²) in [5, 5.41) is 2.71. The molecule has 0 bridgehead atoms. The number of hydrogen-bond acceptors (Lipinski definition) is 2. The van der Waals surface area contributed by atoms with E-state index in [2.05, 4.69) is 12.2 Å². The zero-order valence-corrected chi connectivity index (χ0v) is 9.05. The van der Waals surface area contributed by atoms with Crippen LogP contribution in [0.3, 0.4) is 0 Å². The van der Waals surface area contributed by atoms with E-state index in [-0.39, 0.29) is 5.91 Å². The van der Waals surface area contributed by atoms with Gasteiger partial charge in [0.05, 0.1) is 6.10 Å². The molecule has 1 fully saturated rings. The fraction of sp³-hybridized carbons (Fsp3) is 0.909. The van der Waals surface area contributed by atoms with Gasteiger partial charge in [0.15, 0.2) is 0 Å². The van der Waals surface area contributed by atoms with Gasteiger partial charge in [0.2, 0.25) is 5.91 Å². The van der Waals surface area contributed by atoms with E-state index in [1.807, 2.05) is 0 Å². The third-order valence-corrected chi connectivity index (χ3v) is 2.66. The summed E-state index contributed by atoms with van der Waals surface area (Å²) in [5.74, 6) is 0.126. The minimum atomic E-state index is 0.126. The monoisotopic (exact) mass is 199 g/mol. The highest BCUT2D eigenvalue weighted by Crippen LogP contribution is 2.14. The van der Waals surface area contributed by atoms with Crippen LogP contribution in [-0.4, -0.2) is 18.7 Å². The topological polar surface area (TPSA) is 38.3 Å². The average molecular weight is 199 g/mol. The van der Waals surface area contributed by atoms with Gasteiger partial charge in [-0.05, 0) is 12.8 Å². The molecule has 0 aromatic heterocycles. The molecule has 1 amide bonds. The summed E-state index contributed by atoms with van der Waals surface area (Å²) in [6.45, 7) is 2.61. The summed E-state index contributed by atoms with van der Waals surface area (Å²) in [6, 6.07) is 0. The van der Waals surface area contributed by atoms with Crippen LogP contribution in [-0.2, 0) is 9.53 Å². The van der Waals surface area contributed by atoms with E-state index >= 15 is 0 Å². The van der Waals surface area contributed by atoms with E-state index in [4.69, 9.17) is 4.74 Å². The molecule has 0 aromatic carbocycles. The molecule has 82 valence electrons. The molecule has 1 rings (SSSR count). The van der Waals surface area contributed by atoms with E-state index < -0.39 is 0 Å². The number of carbonyl (C=O) groups is 1. The van der Waals surface area contributed by atoms with Crippen LogP contribution in [0.1, 0.15) is 51.9 Å². The Morgan fingerprint density at radius 2 is 2.29 bits per heavy atom. The van der Waals surface area contributed by atoms with Crippen LogP contribution in [0.2, 0.25) is 0 Å². The van der Waals surface area contributed by atoms with Crippen LogP contribution < -0.4 is 5.32 Å². The van der Waals surface area contributed by atoms with Gasteiger partial charge in [-0.2, -0.15) is 0 Å². The maximum atomic E-state index is 11.0. The number of ether oxygens (including phenoxy) is 1. The van der Waals surface area contributed by atoms with E-state index in [9.17, 15) is 4.79 Å². The zero-order valence-electron chi connectivity index (χ0n) is 9.05. The molecule has 1 atom stereocenters. The summed E-state index contributed by atoms with van der Waals surface area (Å²) in [4.78, 5) is 11.0. The highest BCUT2D eigenvalue weighted by atomic mass is 16.5. The predicted molar refractivity (Wildman–Crippen MR) is 55.9 cm³/mol. The number of hydrogen-bond donors (Lipinski definition) is 1. The van der Waals surface area contributed by atoms with Crippen molar-refractivity contribution in [3.8, 4) is 0 Å². The van der Waals surface area contributed by atoms with Gasteiger partial charge in [0, 0.05) is 6.42 Å². The van der Waals surface area contributed by atoms with Crippen molar-refractivity contribution in [3.05, 3.63) is 0 Å². The third-order valence-electron chi connectivity index (χ3n) is 2.66. The van der Waals surface area contributed by atoms with Gasteiger partial charge in [-0.3, -0.25) is 4.79 Å². The molecule has 1 aliphatic rings. The molecule has 0 saturated carbocycles. The van der Waals surface area contributed by atoms with Crippen LogP contribution in [0.5, 0.6) is 0 Å². The molecule has 1 saturated heterocycles. The molecule has 14 heavy (non-hydrogen) atoms. The summed E-state index contributed by atoms with van der Waals surface area (Å²) in [7, 11) is 0. The first-order valence-corrected chi connectivity index (χ1v) is 5.71. The van der Waals surface area contributed by atoms with E-state index in [0.29, 0.717) is 19.3 Å². The number of amides is 1. The molecule has 3 nitrogen and oxygen atoms in total. The number of rotatable bonds is 5. The first-order valence-electron chi connectivity index (χ1n) is 5.71. The van der Waals surface area contributed by atoms with Gasteiger partial charge < -0.3 is 10.1 Å². The lowest BCUT2D eigenvalue weighted by atomic mass is 10.1. The summed E-state index contributed by atoms with van der Waals surface area (Å²) < 4.78 is 5.52. The fourth-order valence-corrected chi connectivity index (χ4v) is 1.73. The predicted octanol–water partition coefficient (Wildman–Crippen LogP) is 2.21. The van der Waals surface area contributed by atoms with Crippen molar-refractivity contribution >= 4 is 5.91 Å². The molecule has 0 radical (unpaired) electrons. The fourth-order valence-electron chi connectivity index (χ4n) is 1.73. The smallest absolute Gasteiger partial charge is 0.221 e. The maximum absolute atomic E-state index is 11.0. The molecule has 1 unspecified atom stereocenters. The SMILES string of the molecule is CCCCCCC1CCC(=O)NCO1. The van der Waals surface area contributed by atoms with Crippen molar-refractivity contribution in [1.82, 2.24) is 5.32 Å². The lowest BCUT2D eigenvalue weighted by Crippen LogP contribution is -2.23. The summed E-state index contributed by atoms with van der Waals surface area (Å²) in [5.41, 5.74) is 0. The first-order chi connectivity index (χ1) is 6.83. The van der Waals surface area contributed by atoms with Gasteiger partial charge in [-0.25, -0.2) is 0 Å². The van der Waals surface area contributed by atoms with Gasteiger partial charge in [0.1, 0.15) is 6.73 Å². The van der Waals surface area contributed by atoms with Crippen LogP contribution in [0, 0.1) is 0 Å². The molecule has 1 aliphatic heterocycles. The zero-order chi connectivity index (χ0) is 10.2. The van der Waals surface area contributed by atoms with Crippen molar-refractivity contribution < 1.29 is 9.53 Å². The van der Waals surface area contributed by atoms with Crippen LogP contribution in [0.25, 0.3) is 0 Å². The lowest BCUT2D eigenvalue weighted by Gasteiger charge is -2.13. The Labute approximate surface area is 86.2 Å². The van der Waals surface area contributed by atoms with E-state index in [0.717, 1.165) is 12.8 Å². The highest BCUT2D eigenvalue weighted by Gasteiger charge is 2.15. The lowest BCUT2D eigenvalue weighted by molar-refractivity contribution is -0.121. The molecule has 0 aromatic rings. The second-order valence-corrected chi connectivity index (χ2v) is 3.92. The highest BCUT2D eigenvalue weighted by molar-refractivity contribution is 5.75. The third kappa shape index (κ3) is 4.61. The minimum Gasteiger partial charge on any atom is -0.358 e. The van der Waals surface area contributed by atoms with Gasteiger partial charge in [0.25, 0.3) is 0 Å². The normalized spacial score (nSPS) is 22.9. The van der Waals surface area contributed by atoms with Crippen molar-refractivity contribution in [2.75, 3.05) is 6.73 Å². The molecular weight excluding hydrogens is 178 g/mol. The summed E-state index contributed by atoms with van der Waals surface area (Å²) >= 11 is 0. The van der Waals surface area contributed by atoms with Crippen molar-refractivity contribution in [2.45, 2.75) is 58.0 Å². The Hall–Kier alpha value is -0.570. The van der Waals surface area contributed by atoms with Crippen LogP contribution in [0.4, 0.5) is 0 Å². The van der Waals surface area contributed by atoms with Gasteiger partial charge in [-0.1, -0.05) is 32.6 Å². The Bertz CT molecular complexity index is 171. The van der Waals surface area contributed by atoms with Crippen molar-refractivity contribution in [2.24, 2.45) is 0 Å². The second-order valence-electron chi connectivity index (χ2n) is 3.92. The largest absolute Gasteiger partial charge is 0.358 e. The van der Waals surface area contributed by atoms with Crippen LogP contribution in [0.15, 0.2) is 0 Å².